The first kappa shape index (κ1) is 31.6. The largest absolute Gasteiger partial charge is 0.456 e. The lowest BCUT2D eigenvalue weighted by molar-refractivity contribution is 0.591. The molecule has 0 aliphatic carbocycles. The molecule has 0 saturated carbocycles. The molecule has 8 nitrogen and oxygen atoms in total. The highest BCUT2D eigenvalue weighted by atomic mass is 16.3. The third-order valence-electron chi connectivity index (χ3n) is 13.7. The van der Waals surface area contributed by atoms with Gasteiger partial charge in [-0.05, 0) is 82.6 Å². The van der Waals surface area contributed by atoms with Crippen molar-refractivity contribution < 1.29 is 8.83 Å². The van der Waals surface area contributed by atoms with Crippen LogP contribution in [0.3, 0.4) is 0 Å². The van der Waals surface area contributed by atoms with Crippen LogP contribution in [-0.2, 0) is 10.8 Å². The molecule has 0 N–H and O–H groups in total. The molecule has 8 aromatic heterocycles. The van der Waals surface area contributed by atoms with Crippen LogP contribution in [0, 0.1) is 0 Å². The zero-order valence-corrected chi connectivity index (χ0v) is 33.9. The van der Waals surface area contributed by atoms with E-state index in [0.717, 1.165) is 111 Å². The molecule has 0 spiro atoms. The van der Waals surface area contributed by atoms with Crippen molar-refractivity contribution in [3.63, 3.8) is 0 Å². The van der Waals surface area contributed by atoms with Gasteiger partial charge in [-0.3, -0.25) is 17.6 Å². The SMILES string of the molecule is CC(C)(C)c1ccc2c(c1)c1c3c(c4c5cc(C(C)(C)C)ccc5n5c4c1n1c4c(ccc6oc7ccccc7c64)nc51)n1c4c(ccc5oc6ccccc6c54)nc1n23. The Morgan fingerprint density at radius 2 is 0.800 bits per heavy atom. The highest BCUT2D eigenvalue weighted by Gasteiger charge is 2.34. The second kappa shape index (κ2) is 9.75. The summed E-state index contributed by atoms with van der Waals surface area (Å²) in [5, 5.41) is 9.15. The van der Waals surface area contributed by atoms with Gasteiger partial charge in [0.2, 0.25) is 11.6 Å². The molecule has 0 fully saturated rings. The van der Waals surface area contributed by atoms with Gasteiger partial charge in [-0.15, -0.1) is 0 Å². The van der Waals surface area contributed by atoms with Crippen LogP contribution in [0.5, 0.6) is 0 Å². The van der Waals surface area contributed by atoms with Gasteiger partial charge in [-0.2, -0.15) is 0 Å². The topological polar surface area (TPSA) is 69.7 Å². The van der Waals surface area contributed by atoms with Gasteiger partial charge < -0.3 is 8.83 Å². The van der Waals surface area contributed by atoms with E-state index in [2.05, 4.69) is 156 Å². The third kappa shape index (κ3) is 3.44. The maximum Gasteiger partial charge on any atom is 0.220 e. The van der Waals surface area contributed by atoms with Crippen LogP contribution < -0.4 is 0 Å². The quantitative estimate of drug-likeness (QED) is 0.154. The Kier molecular flexibility index (Phi) is 5.14. The maximum absolute atomic E-state index is 6.54. The third-order valence-corrected chi connectivity index (χ3v) is 13.7. The fraction of sp³-hybridized carbons (Fsp3) is 0.154. The number of rotatable bonds is 0. The van der Waals surface area contributed by atoms with Crippen molar-refractivity contribution in [1.29, 1.82) is 0 Å². The van der Waals surface area contributed by atoms with Crippen LogP contribution in [-0.4, -0.2) is 27.6 Å². The van der Waals surface area contributed by atoms with Crippen molar-refractivity contribution in [3.8, 4) is 0 Å². The summed E-state index contributed by atoms with van der Waals surface area (Å²) in [5.41, 5.74) is 16.8. The molecule has 0 amide bonds. The molecule has 0 atom stereocenters. The Morgan fingerprint density at radius 1 is 0.383 bits per heavy atom. The minimum absolute atomic E-state index is 0.0614. The summed E-state index contributed by atoms with van der Waals surface area (Å²) >= 11 is 0. The molecule has 0 aliphatic rings. The minimum Gasteiger partial charge on any atom is -0.456 e. The molecular weight excluding hydrogens is 741 g/mol. The van der Waals surface area contributed by atoms with Gasteiger partial charge in [0, 0.05) is 32.3 Å². The van der Waals surface area contributed by atoms with Crippen LogP contribution in [0.2, 0.25) is 0 Å². The van der Waals surface area contributed by atoms with Crippen LogP contribution in [0.15, 0.2) is 118 Å². The number of furan rings is 2. The Bertz CT molecular complexity index is 4150. The van der Waals surface area contributed by atoms with E-state index in [1.165, 1.54) is 32.7 Å². The summed E-state index contributed by atoms with van der Waals surface area (Å²) in [6, 6.07) is 39.3. The lowest BCUT2D eigenvalue weighted by Gasteiger charge is -2.19. The predicted molar refractivity (Wildman–Crippen MR) is 245 cm³/mol. The lowest BCUT2D eigenvalue weighted by Crippen LogP contribution is -2.10. The van der Waals surface area contributed by atoms with E-state index in [1.54, 1.807) is 0 Å². The molecule has 0 unspecified atom stereocenters. The Balaban J connectivity index is 1.31. The average Bonchev–Trinajstić information content (AvgIpc) is 4.09. The van der Waals surface area contributed by atoms with Crippen LogP contribution in [0.4, 0.5) is 0 Å². The zero-order chi connectivity index (χ0) is 39.9. The first-order valence-corrected chi connectivity index (χ1v) is 20.8. The van der Waals surface area contributed by atoms with E-state index in [-0.39, 0.29) is 10.8 Å². The maximum atomic E-state index is 6.54. The first-order chi connectivity index (χ1) is 29.0. The summed E-state index contributed by atoms with van der Waals surface area (Å²) < 4.78 is 22.9. The molecule has 60 heavy (non-hydrogen) atoms. The number of nitrogens with zero attached hydrogens (tertiary/aromatic N) is 6. The Labute approximate surface area is 340 Å². The van der Waals surface area contributed by atoms with Crippen molar-refractivity contribution in [1.82, 2.24) is 27.6 Å². The molecule has 0 radical (unpaired) electrons. The van der Waals surface area contributed by atoms with Crippen molar-refractivity contribution in [2.45, 2.75) is 52.4 Å². The monoisotopic (exact) mass is 776 g/mol. The highest BCUT2D eigenvalue weighted by Crippen LogP contribution is 2.51. The Morgan fingerprint density at radius 3 is 1.23 bits per heavy atom. The van der Waals surface area contributed by atoms with E-state index < -0.39 is 0 Å². The average molecular weight is 777 g/mol. The summed E-state index contributed by atoms with van der Waals surface area (Å²) in [5.74, 6) is 1.79. The minimum atomic E-state index is -0.0614. The van der Waals surface area contributed by atoms with E-state index in [1.807, 2.05) is 12.1 Å². The number of para-hydroxylation sites is 2. The van der Waals surface area contributed by atoms with Crippen LogP contribution in [0.25, 0.3) is 132 Å². The second-order valence-electron chi connectivity index (χ2n) is 19.1. The number of fused-ring (bicyclic) bond motifs is 26. The highest BCUT2D eigenvalue weighted by molar-refractivity contribution is 6.38. The Hall–Kier alpha value is -7.32. The molecule has 15 aromatic rings. The zero-order valence-electron chi connectivity index (χ0n) is 33.9. The van der Waals surface area contributed by atoms with Gasteiger partial charge in [0.05, 0.1) is 65.9 Å². The molecule has 0 aliphatic heterocycles. The van der Waals surface area contributed by atoms with Crippen molar-refractivity contribution in [3.05, 3.63) is 120 Å². The standard InChI is InChI=1S/C52H36N6O2/c1-51(2,3)25-15-19-33-29(23-25)41-45-48(58-44-32(53-49(58)55(33)45)18-22-38-40(44)28-12-8-10-14-36(28)60-38)42-30-24-26(52(4,5)6)16-20-34(30)56-46(42)47(41)57-43-31(54-50(56)57)17-21-37-39(43)27-11-7-9-13-35(27)59-37/h7-24H,1-6H3. The summed E-state index contributed by atoms with van der Waals surface area (Å²) in [6.45, 7) is 13.8. The molecule has 15 rings (SSSR count). The first-order valence-electron chi connectivity index (χ1n) is 20.8. The van der Waals surface area contributed by atoms with Gasteiger partial charge in [0.1, 0.15) is 22.3 Å². The van der Waals surface area contributed by atoms with Crippen molar-refractivity contribution >= 4 is 132 Å². The molecule has 286 valence electrons. The smallest absolute Gasteiger partial charge is 0.220 e. The predicted octanol–water partition coefficient (Wildman–Crippen LogP) is 13.7. The van der Waals surface area contributed by atoms with Crippen molar-refractivity contribution in [2.75, 3.05) is 0 Å². The van der Waals surface area contributed by atoms with Crippen LogP contribution >= 0.6 is 0 Å². The summed E-state index contributed by atoms with van der Waals surface area (Å²) in [6.07, 6.45) is 0. The van der Waals surface area contributed by atoms with Gasteiger partial charge in [-0.1, -0.05) is 90.1 Å². The van der Waals surface area contributed by atoms with E-state index in [0.29, 0.717) is 0 Å². The molecule has 8 heteroatoms. The van der Waals surface area contributed by atoms with Gasteiger partial charge in [-0.25, -0.2) is 9.97 Å². The number of benzene rings is 7. The molecule has 0 saturated heterocycles. The van der Waals surface area contributed by atoms with E-state index in [9.17, 15) is 0 Å². The molecule has 0 bridgehead atoms. The van der Waals surface area contributed by atoms with Gasteiger partial charge in [0.15, 0.2) is 0 Å². The fourth-order valence-corrected chi connectivity index (χ4v) is 11.0. The number of hydrogen-bond donors (Lipinski definition) is 0. The van der Waals surface area contributed by atoms with E-state index in [4.69, 9.17) is 18.8 Å². The normalized spacial score (nSPS) is 13.8. The number of imidazole rings is 4. The molecular formula is C52H36N6O2. The number of hydrogen-bond acceptors (Lipinski definition) is 4. The lowest BCUT2D eigenvalue weighted by atomic mass is 9.86. The van der Waals surface area contributed by atoms with Gasteiger partial charge in [0.25, 0.3) is 0 Å². The number of aromatic nitrogens is 6. The van der Waals surface area contributed by atoms with Crippen molar-refractivity contribution in [2.24, 2.45) is 0 Å². The fourth-order valence-electron chi connectivity index (χ4n) is 11.0. The van der Waals surface area contributed by atoms with E-state index >= 15 is 0 Å². The second-order valence-corrected chi connectivity index (χ2v) is 19.1. The van der Waals surface area contributed by atoms with Gasteiger partial charge >= 0.3 is 0 Å². The summed E-state index contributed by atoms with van der Waals surface area (Å²) in [4.78, 5) is 11.1. The molecule has 8 heterocycles. The van der Waals surface area contributed by atoms with Crippen LogP contribution in [0.1, 0.15) is 52.7 Å². The molecule has 7 aromatic carbocycles. The summed E-state index contributed by atoms with van der Waals surface area (Å²) in [7, 11) is 0.